The lowest BCUT2D eigenvalue weighted by Gasteiger charge is -2.32. The topological polar surface area (TPSA) is 24.5 Å². The molecule has 1 unspecified atom stereocenters. The Morgan fingerprint density at radius 1 is 1.19 bits per heavy atom. The highest BCUT2D eigenvalue weighted by Crippen LogP contribution is 2.25. The van der Waals surface area contributed by atoms with Crippen LogP contribution in [0.15, 0.2) is 42.5 Å². The lowest BCUT2D eigenvalue weighted by molar-refractivity contribution is 0.163. The Hall–Kier alpha value is -1.58. The van der Waals surface area contributed by atoms with Crippen molar-refractivity contribution in [3.05, 3.63) is 42.5 Å². The van der Waals surface area contributed by atoms with Crippen LogP contribution < -0.4 is 10.1 Å². The van der Waals surface area contributed by atoms with Crippen LogP contribution >= 0.6 is 0 Å². The summed E-state index contributed by atoms with van der Waals surface area (Å²) in [5.74, 6) is 0.996. The molecule has 0 aliphatic carbocycles. The van der Waals surface area contributed by atoms with Crippen molar-refractivity contribution in [3.63, 3.8) is 0 Å². The maximum atomic E-state index is 6.03. The molecule has 0 radical (unpaired) electrons. The van der Waals surface area contributed by atoms with Crippen molar-refractivity contribution in [2.75, 3.05) is 33.3 Å². The fraction of sp³-hybridized carbons (Fsp3) is 0.444. The summed E-state index contributed by atoms with van der Waals surface area (Å²) in [4.78, 5) is 2.50. The first-order valence-corrected chi connectivity index (χ1v) is 7.87. The molecule has 1 heterocycles. The monoisotopic (exact) mass is 284 g/mol. The average molecular weight is 284 g/mol. The van der Waals surface area contributed by atoms with E-state index in [9.17, 15) is 0 Å². The van der Waals surface area contributed by atoms with Gasteiger partial charge in [-0.25, -0.2) is 0 Å². The molecule has 3 rings (SSSR count). The standard InChI is InChI=1S/C18H24N2O/c1-19-16-8-5-11-20(14-16)12-13-21-18-10-4-7-15-6-2-3-9-17(15)18/h2-4,6-7,9-10,16,19H,5,8,11-14H2,1H3. The van der Waals surface area contributed by atoms with Gasteiger partial charge in [0, 0.05) is 24.5 Å². The average Bonchev–Trinajstić information content (AvgIpc) is 2.55. The number of nitrogens with one attached hydrogen (secondary N) is 1. The smallest absolute Gasteiger partial charge is 0.127 e. The lowest BCUT2D eigenvalue weighted by atomic mass is 10.1. The summed E-state index contributed by atoms with van der Waals surface area (Å²) < 4.78 is 6.03. The number of hydrogen-bond donors (Lipinski definition) is 1. The van der Waals surface area contributed by atoms with E-state index >= 15 is 0 Å². The Bertz CT molecular complexity index is 579. The van der Waals surface area contributed by atoms with E-state index < -0.39 is 0 Å². The van der Waals surface area contributed by atoms with E-state index in [1.807, 2.05) is 0 Å². The fourth-order valence-electron chi connectivity index (χ4n) is 3.10. The van der Waals surface area contributed by atoms with Gasteiger partial charge in [0.25, 0.3) is 0 Å². The summed E-state index contributed by atoms with van der Waals surface area (Å²) in [6.07, 6.45) is 2.57. The van der Waals surface area contributed by atoms with Gasteiger partial charge in [-0.1, -0.05) is 36.4 Å². The molecular formula is C18H24N2O. The molecule has 1 fully saturated rings. The number of likely N-dealkylation sites (tertiary alicyclic amines) is 1. The van der Waals surface area contributed by atoms with Crippen LogP contribution in [0.1, 0.15) is 12.8 Å². The molecule has 1 aliphatic heterocycles. The first kappa shape index (κ1) is 14.4. The first-order valence-electron chi connectivity index (χ1n) is 7.87. The second-order valence-corrected chi connectivity index (χ2v) is 5.75. The van der Waals surface area contributed by atoms with Crippen molar-refractivity contribution in [1.29, 1.82) is 0 Å². The first-order chi connectivity index (χ1) is 10.4. The normalized spacial score (nSPS) is 19.8. The molecule has 1 saturated heterocycles. The third-order valence-electron chi connectivity index (χ3n) is 4.33. The van der Waals surface area contributed by atoms with Crippen molar-refractivity contribution in [1.82, 2.24) is 10.2 Å². The summed E-state index contributed by atoms with van der Waals surface area (Å²) in [5.41, 5.74) is 0. The molecule has 1 N–H and O–H groups in total. The Labute approximate surface area is 126 Å². The number of hydrogen-bond acceptors (Lipinski definition) is 3. The molecule has 0 amide bonds. The summed E-state index contributed by atoms with van der Waals surface area (Å²) in [6, 6.07) is 15.3. The second-order valence-electron chi connectivity index (χ2n) is 5.75. The van der Waals surface area contributed by atoms with Crippen LogP contribution in [0.5, 0.6) is 5.75 Å². The minimum atomic E-state index is 0.635. The van der Waals surface area contributed by atoms with Crippen LogP contribution in [0.25, 0.3) is 10.8 Å². The Kier molecular flexibility index (Phi) is 4.73. The van der Waals surface area contributed by atoms with Crippen LogP contribution in [0.3, 0.4) is 0 Å². The molecule has 3 nitrogen and oxygen atoms in total. The summed E-state index contributed by atoms with van der Waals surface area (Å²) in [5, 5.41) is 5.82. The van der Waals surface area contributed by atoms with Gasteiger partial charge < -0.3 is 10.1 Å². The zero-order valence-corrected chi connectivity index (χ0v) is 12.7. The van der Waals surface area contributed by atoms with Crippen molar-refractivity contribution >= 4 is 10.8 Å². The molecule has 2 aromatic rings. The number of fused-ring (bicyclic) bond motifs is 1. The Morgan fingerprint density at radius 2 is 2.05 bits per heavy atom. The van der Waals surface area contributed by atoms with E-state index in [-0.39, 0.29) is 0 Å². The number of piperidine rings is 1. The molecule has 21 heavy (non-hydrogen) atoms. The predicted molar refractivity (Wildman–Crippen MR) is 88.0 cm³/mol. The van der Waals surface area contributed by atoms with Gasteiger partial charge in [-0.2, -0.15) is 0 Å². The number of nitrogens with zero attached hydrogens (tertiary/aromatic N) is 1. The van der Waals surface area contributed by atoms with Gasteiger partial charge in [-0.3, -0.25) is 4.90 Å². The van der Waals surface area contributed by atoms with Gasteiger partial charge in [-0.05, 0) is 37.9 Å². The van der Waals surface area contributed by atoms with E-state index in [0.29, 0.717) is 6.04 Å². The molecule has 0 aromatic heterocycles. The highest BCUT2D eigenvalue weighted by Gasteiger charge is 2.17. The number of rotatable bonds is 5. The van der Waals surface area contributed by atoms with Crippen molar-refractivity contribution in [2.45, 2.75) is 18.9 Å². The van der Waals surface area contributed by atoms with Gasteiger partial charge >= 0.3 is 0 Å². The SMILES string of the molecule is CNC1CCCN(CCOc2cccc3ccccc23)C1. The quantitative estimate of drug-likeness (QED) is 0.913. The van der Waals surface area contributed by atoms with Crippen LogP contribution in [0, 0.1) is 0 Å². The van der Waals surface area contributed by atoms with Crippen LogP contribution in [0.4, 0.5) is 0 Å². The molecular weight excluding hydrogens is 260 g/mol. The number of ether oxygens (including phenoxy) is 1. The molecule has 1 aliphatic rings. The minimum absolute atomic E-state index is 0.635. The molecule has 0 bridgehead atoms. The highest BCUT2D eigenvalue weighted by atomic mass is 16.5. The van der Waals surface area contributed by atoms with E-state index in [2.05, 4.69) is 59.7 Å². The summed E-state index contributed by atoms with van der Waals surface area (Å²) in [7, 11) is 2.06. The predicted octanol–water partition coefficient (Wildman–Crippen LogP) is 2.90. The molecule has 0 saturated carbocycles. The Morgan fingerprint density at radius 3 is 2.95 bits per heavy atom. The van der Waals surface area contributed by atoms with Crippen molar-refractivity contribution < 1.29 is 4.74 Å². The summed E-state index contributed by atoms with van der Waals surface area (Å²) in [6.45, 7) is 4.08. The maximum absolute atomic E-state index is 6.03. The maximum Gasteiger partial charge on any atom is 0.127 e. The molecule has 112 valence electrons. The third-order valence-corrected chi connectivity index (χ3v) is 4.33. The number of benzene rings is 2. The van der Waals surface area contributed by atoms with Crippen molar-refractivity contribution in [2.24, 2.45) is 0 Å². The van der Waals surface area contributed by atoms with Gasteiger partial charge in [0.2, 0.25) is 0 Å². The lowest BCUT2D eigenvalue weighted by Crippen LogP contribution is -2.45. The zero-order chi connectivity index (χ0) is 14.5. The summed E-state index contributed by atoms with van der Waals surface area (Å²) >= 11 is 0. The highest BCUT2D eigenvalue weighted by molar-refractivity contribution is 5.88. The third kappa shape index (κ3) is 3.55. The van der Waals surface area contributed by atoms with Gasteiger partial charge in [0.15, 0.2) is 0 Å². The van der Waals surface area contributed by atoms with Gasteiger partial charge in [-0.15, -0.1) is 0 Å². The molecule has 0 spiro atoms. The molecule has 2 aromatic carbocycles. The number of likely N-dealkylation sites (N-methyl/N-ethyl adjacent to an activating group) is 1. The van der Waals surface area contributed by atoms with Crippen LogP contribution in [-0.2, 0) is 0 Å². The van der Waals surface area contributed by atoms with Crippen LogP contribution in [-0.4, -0.2) is 44.2 Å². The largest absolute Gasteiger partial charge is 0.492 e. The Balaban J connectivity index is 1.57. The van der Waals surface area contributed by atoms with E-state index in [1.165, 1.54) is 30.2 Å². The van der Waals surface area contributed by atoms with E-state index in [1.54, 1.807) is 0 Å². The zero-order valence-electron chi connectivity index (χ0n) is 12.7. The molecule has 1 atom stereocenters. The second kappa shape index (κ2) is 6.92. The fourth-order valence-corrected chi connectivity index (χ4v) is 3.10. The van der Waals surface area contributed by atoms with Crippen LogP contribution in [0.2, 0.25) is 0 Å². The van der Waals surface area contributed by atoms with Gasteiger partial charge in [0.05, 0.1) is 0 Å². The van der Waals surface area contributed by atoms with Crippen molar-refractivity contribution in [3.8, 4) is 5.75 Å². The minimum Gasteiger partial charge on any atom is -0.492 e. The van der Waals surface area contributed by atoms with Gasteiger partial charge in [0.1, 0.15) is 12.4 Å². The van der Waals surface area contributed by atoms with E-state index in [0.717, 1.165) is 25.4 Å². The van der Waals surface area contributed by atoms with E-state index in [4.69, 9.17) is 4.74 Å². The molecule has 3 heteroatoms.